The van der Waals surface area contributed by atoms with Gasteiger partial charge in [0.05, 0.1) is 5.75 Å². The Morgan fingerprint density at radius 1 is 1.20 bits per heavy atom. The van der Waals surface area contributed by atoms with E-state index >= 15 is 0 Å². The highest BCUT2D eigenvalue weighted by Crippen LogP contribution is 2.29. The van der Waals surface area contributed by atoms with E-state index in [1.54, 1.807) is 6.08 Å². The van der Waals surface area contributed by atoms with Crippen LogP contribution in [-0.2, 0) is 11.3 Å². The zero-order valence-corrected chi connectivity index (χ0v) is 17.7. The van der Waals surface area contributed by atoms with Crippen molar-refractivity contribution in [3.63, 3.8) is 0 Å². The second kappa shape index (κ2) is 8.59. The Labute approximate surface area is 179 Å². The lowest BCUT2D eigenvalue weighted by Gasteiger charge is -2.09. The number of hydrogen-bond donors (Lipinski definition) is 1. The standard InChI is InChI=1S/C23H22N4O2S/c1-4-11-27-22(20-13-17-7-5-6-8-19(17)29-20)25-26-23(27)30-14-21(28)24-18-12-15(2)9-10-16(18)3/h4-10,12-13H,1,11,14H2,2-3H3,(H,24,28). The third-order valence-electron chi connectivity index (χ3n) is 4.67. The van der Waals surface area contributed by atoms with Crippen molar-refractivity contribution in [1.82, 2.24) is 14.8 Å². The maximum Gasteiger partial charge on any atom is 0.234 e. The molecule has 4 rings (SSSR count). The number of allylic oxidation sites excluding steroid dienone is 1. The Morgan fingerprint density at radius 2 is 2.03 bits per heavy atom. The minimum Gasteiger partial charge on any atom is -0.453 e. The third kappa shape index (κ3) is 4.16. The van der Waals surface area contributed by atoms with Gasteiger partial charge in [0.25, 0.3) is 0 Å². The van der Waals surface area contributed by atoms with Crippen LogP contribution in [0.3, 0.4) is 0 Å². The quantitative estimate of drug-likeness (QED) is 0.329. The molecule has 2 aromatic heterocycles. The summed E-state index contributed by atoms with van der Waals surface area (Å²) in [5.74, 6) is 1.39. The first-order valence-electron chi connectivity index (χ1n) is 9.58. The maximum absolute atomic E-state index is 12.5. The summed E-state index contributed by atoms with van der Waals surface area (Å²) in [5.41, 5.74) is 3.75. The molecule has 152 valence electrons. The van der Waals surface area contributed by atoms with Gasteiger partial charge in [-0.05, 0) is 43.2 Å². The van der Waals surface area contributed by atoms with Gasteiger partial charge >= 0.3 is 0 Å². The number of anilines is 1. The molecular weight excluding hydrogens is 396 g/mol. The van der Waals surface area contributed by atoms with E-state index in [2.05, 4.69) is 22.1 Å². The Kier molecular flexibility index (Phi) is 5.72. The fraction of sp³-hybridized carbons (Fsp3) is 0.174. The number of amides is 1. The number of para-hydroxylation sites is 1. The number of aryl methyl sites for hydroxylation is 2. The second-order valence-electron chi connectivity index (χ2n) is 7.01. The molecule has 0 fully saturated rings. The summed E-state index contributed by atoms with van der Waals surface area (Å²) < 4.78 is 7.84. The molecule has 2 heterocycles. The van der Waals surface area contributed by atoms with Crippen LogP contribution in [0.2, 0.25) is 0 Å². The highest BCUT2D eigenvalue weighted by molar-refractivity contribution is 7.99. The van der Waals surface area contributed by atoms with Gasteiger partial charge in [-0.3, -0.25) is 9.36 Å². The average Bonchev–Trinajstić information content (AvgIpc) is 3.33. The molecule has 0 aliphatic heterocycles. The van der Waals surface area contributed by atoms with E-state index < -0.39 is 0 Å². The second-order valence-corrected chi connectivity index (χ2v) is 7.95. The molecule has 0 radical (unpaired) electrons. The van der Waals surface area contributed by atoms with Crippen LogP contribution in [0.5, 0.6) is 0 Å². The van der Waals surface area contributed by atoms with Crippen LogP contribution in [0, 0.1) is 13.8 Å². The maximum atomic E-state index is 12.5. The number of furan rings is 1. The summed E-state index contributed by atoms with van der Waals surface area (Å²) in [5, 5.41) is 13.2. The van der Waals surface area contributed by atoms with Crippen LogP contribution in [0.25, 0.3) is 22.6 Å². The summed E-state index contributed by atoms with van der Waals surface area (Å²) in [6.07, 6.45) is 1.77. The van der Waals surface area contributed by atoms with Crippen LogP contribution in [0.15, 0.2) is 70.8 Å². The molecule has 1 amide bonds. The van der Waals surface area contributed by atoms with E-state index in [1.807, 2.05) is 66.9 Å². The van der Waals surface area contributed by atoms with Crippen molar-refractivity contribution in [2.45, 2.75) is 25.5 Å². The minimum absolute atomic E-state index is 0.0906. The lowest BCUT2D eigenvalue weighted by atomic mass is 10.1. The van der Waals surface area contributed by atoms with Crippen LogP contribution in [0.4, 0.5) is 5.69 Å². The number of carbonyl (C=O) groups excluding carboxylic acids is 1. The molecule has 7 heteroatoms. The first-order chi connectivity index (χ1) is 14.5. The predicted octanol–water partition coefficient (Wildman–Crippen LogP) is 5.22. The molecule has 6 nitrogen and oxygen atoms in total. The number of nitrogens with one attached hydrogen (secondary N) is 1. The Morgan fingerprint density at radius 3 is 2.83 bits per heavy atom. The van der Waals surface area contributed by atoms with E-state index in [4.69, 9.17) is 4.42 Å². The molecule has 0 unspecified atom stereocenters. The van der Waals surface area contributed by atoms with Gasteiger partial charge in [0.1, 0.15) is 5.58 Å². The largest absolute Gasteiger partial charge is 0.453 e. The van der Waals surface area contributed by atoms with E-state index in [1.165, 1.54) is 11.8 Å². The highest BCUT2D eigenvalue weighted by atomic mass is 32.2. The summed E-state index contributed by atoms with van der Waals surface area (Å²) in [6, 6.07) is 15.7. The zero-order valence-electron chi connectivity index (χ0n) is 16.9. The van der Waals surface area contributed by atoms with Crippen molar-refractivity contribution in [2.75, 3.05) is 11.1 Å². The van der Waals surface area contributed by atoms with Crippen LogP contribution in [-0.4, -0.2) is 26.4 Å². The molecule has 4 aromatic rings. The average molecular weight is 419 g/mol. The lowest BCUT2D eigenvalue weighted by Crippen LogP contribution is -2.15. The van der Waals surface area contributed by atoms with Gasteiger partial charge in [-0.25, -0.2) is 0 Å². The molecule has 0 saturated heterocycles. The molecule has 1 N–H and O–H groups in total. The van der Waals surface area contributed by atoms with Crippen molar-refractivity contribution < 1.29 is 9.21 Å². The van der Waals surface area contributed by atoms with Crippen molar-refractivity contribution in [1.29, 1.82) is 0 Å². The molecule has 0 aliphatic carbocycles. The van der Waals surface area contributed by atoms with Gasteiger partial charge < -0.3 is 9.73 Å². The van der Waals surface area contributed by atoms with Crippen molar-refractivity contribution in [2.24, 2.45) is 0 Å². The number of rotatable bonds is 7. The summed E-state index contributed by atoms with van der Waals surface area (Å²) in [6.45, 7) is 8.32. The Hall–Kier alpha value is -3.32. The zero-order chi connectivity index (χ0) is 21.1. The smallest absolute Gasteiger partial charge is 0.234 e. The summed E-state index contributed by atoms with van der Waals surface area (Å²) >= 11 is 1.33. The fourth-order valence-electron chi connectivity index (χ4n) is 3.15. The normalized spacial score (nSPS) is 11.0. The van der Waals surface area contributed by atoms with Crippen LogP contribution in [0.1, 0.15) is 11.1 Å². The minimum atomic E-state index is -0.0906. The number of benzene rings is 2. The van der Waals surface area contributed by atoms with Gasteiger partial charge in [0.15, 0.2) is 10.9 Å². The van der Waals surface area contributed by atoms with Gasteiger partial charge in [-0.15, -0.1) is 16.8 Å². The van der Waals surface area contributed by atoms with E-state index in [-0.39, 0.29) is 11.7 Å². The molecular formula is C23H22N4O2S. The van der Waals surface area contributed by atoms with Crippen LogP contribution < -0.4 is 5.32 Å². The third-order valence-corrected chi connectivity index (χ3v) is 5.64. The summed E-state index contributed by atoms with van der Waals surface area (Å²) in [4.78, 5) is 12.5. The van der Waals surface area contributed by atoms with E-state index in [0.717, 1.165) is 27.8 Å². The van der Waals surface area contributed by atoms with Gasteiger partial charge in [-0.2, -0.15) is 0 Å². The van der Waals surface area contributed by atoms with E-state index in [9.17, 15) is 4.79 Å². The van der Waals surface area contributed by atoms with Crippen molar-refractivity contribution in [3.05, 3.63) is 72.3 Å². The lowest BCUT2D eigenvalue weighted by molar-refractivity contribution is -0.113. The first kappa shape index (κ1) is 20.0. The SMILES string of the molecule is C=CCn1c(SCC(=O)Nc2cc(C)ccc2C)nnc1-c1cc2ccccc2o1. The summed E-state index contributed by atoms with van der Waals surface area (Å²) in [7, 11) is 0. The number of hydrogen-bond acceptors (Lipinski definition) is 5. The Balaban J connectivity index is 1.52. The number of fused-ring (bicyclic) bond motifs is 1. The van der Waals surface area contributed by atoms with Crippen LogP contribution >= 0.6 is 11.8 Å². The monoisotopic (exact) mass is 418 g/mol. The number of aromatic nitrogens is 3. The Bertz CT molecular complexity index is 1190. The molecule has 0 aliphatic rings. The van der Waals surface area contributed by atoms with Gasteiger partial charge in [-0.1, -0.05) is 48.2 Å². The van der Waals surface area contributed by atoms with Gasteiger partial charge in [0, 0.05) is 17.6 Å². The molecule has 0 atom stereocenters. The van der Waals surface area contributed by atoms with Gasteiger partial charge in [0.2, 0.25) is 11.7 Å². The topological polar surface area (TPSA) is 73.0 Å². The van der Waals surface area contributed by atoms with E-state index in [0.29, 0.717) is 23.3 Å². The molecule has 30 heavy (non-hydrogen) atoms. The van der Waals surface area contributed by atoms with Crippen molar-refractivity contribution in [3.8, 4) is 11.6 Å². The fourth-order valence-corrected chi connectivity index (χ4v) is 3.90. The first-order valence-corrected chi connectivity index (χ1v) is 10.6. The molecule has 0 spiro atoms. The number of nitrogens with zero attached hydrogens (tertiary/aromatic N) is 3. The number of thioether (sulfide) groups is 1. The number of carbonyl (C=O) groups is 1. The molecule has 2 aromatic carbocycles. The predicted molar refractivity (Wildman–Crippen MR) is 121 cm³/mol. The highest BCUT2D eigenvalue weighted by Gasteiger charge is 2.18. The molecule has 0 bridgehead atoms. The molecule has 0 saturated carbocycles. The van der Waals surface area contributed by atoms with Crippen molar-refractivity contribution >= 4 is 34.3 Å².